The number of halogens is 1. The number of thiophene rings is 1. The van der Waals surface area contributed by atoms with Gasteiger partial charge in [0.25, 0.3) is 0 Å². The molecule has 1 aromatic heterocycles. The van der Waals surface area contributed by atoms with Crippen molar-refractivity contribution in [3.8, 4) is 0 Å². The quantitative estimate of drug-likeness (QED) is 0.621. The van der Waals surface area contributed by atoms with Crippen LogP contribution in [0.5, 0.6) is 0 Å². The van der Waals surface area contributed by atoms with Crippen LogP contribution in [0, 0.1) is 0 Å². The van der Waals surface area contributed by atoms with Crippen molar-refractivity contribution in [2.75, 3.05) is 12.4 Å². The topological polar surface area (TPSA) is 55.4 Å². The molecule has 25 heavy (non-hydrogen) atoms. The van der Waals surface area contributed by atoms with Crippen molar-refractivity contribution in [3.05, 3.63) is 56.9 Å². The number of rotatable bonds is 4. The zero-order chi connectivity index (χ0) is 17.8. The van der Waals surface area contributed by atoms with E-state index < -0.39 is 5.97 Å². The molecule has 1 aliphatic rings. The normalized spacial score (nSPS) is 13.5. The van der Waals surface area contributed by atoms with Crippen molar-refractivity contribution >= 4 is 45.9 Å². The predicted octanol–water partition coefficient (Wildman–Crippen LogP) is 4.72. The molecule has 6 heteroatoms. The fourth-order valence-electron chi connectivity index (χ4n) is 2.91. The Hall–Kier alpha value is -2.11. The molecular weight excluding hydrogens is 358 g/mol. The third kappa shape index (κ3) is 4.11. The molecule has 0 fully saturated rings. The number of ether oxygens (including phenoxy) is 1. The lowest BCUT2D eigenvalue weighted by Crippen LogP contribution is -2.13. The molecule has 4 nitrogen and oxygen atoms in total. The van der Waals surface area contributed by atoms with Crippen molar-refractivity contribution in [3.63, 3.8) is 0 Å². The lowest BCUT2D eigenvalue weighted by atomic mass is 9.95. The lowest BCUT2D eigenvalue weighted by Gasteiger charge is -2.11. The number of amides is 1. The predicted molar refractivity (Wildman–Crippen MR) is 101 cm³/mol. The summed E-state index contributed by atoms with van der Waals surface area (Å²) in [5.74, 6) is -0.683. The number of hydrogen-bond donors (Lipinski definition) is 1. The fraction of sp³-hybridized carbons (Fsp3) is 0.263. The number of esters is 1. The number of benzene rings is 1. The number of methoxy groups -OCH3 is 1. The average molecular weight is 376 g/mol. The first-order valence-corrected chi connectivity index (χ1v) is 9.25. The number of nitrogens with one attached hydrogen (secondary N) is 1. The van der Waals surface area contributed by atoms with Gasteiger partial charge in [-0.2, -0.15) is 0 Å². The van der Waals surface area contributed by atoms with Gasteiger partial charge in [0, 0.05) is 16.0 Å². The number of aryl methyl sites for hydroxylation is 1. The molecule has 1 N–H and O–H groups in total. The number of anilines is 1. The van der Waals surface area contributed by atoms with E-state index in [9.17, 15) is 9.59 Å². The van der Waals surface area contributed by atoms with Crippen molar-refractivity contribution < 1.29 is 14.3 Å². The molecule has 1 amide bonds. The summed E-state index contributed by atoms with van der Waals surface area (Å²) < 4.78 is 4.91. The molecule has 3 rings (SSSR count). The summed E-state index contributed by atoms with van der Waals surface area (Å²) in [6.07, 6.45) is 7.08. The molecule has 1 aliphatic carbocycles. The maximum atomic E-state index is 12.3. The van der Waals surface area contributed by atoms with Gasteiger partial charge in [0.1, 0.15) is 5.00 Å². The second-order valence-electron chi connectivity index (χ2n) is 5.78. The second kappa shape index (κ2) is 7.85. The van der Waals surface area contributed by atoms with Crippen LogP contribution in [0.4, 0.5) is 5.00 Å². The highest BCUT2D eigenvalue weighted by atomic mass is 35.5. The Morgan fingerprint density at radius 3 is 2.84 bits per heavy atom. The molecule has 0 bridgehead atoms. The summed E-state index contributed by atoms with van der Waals surface area (Å²) in [5.41, 5.74) is 2.37. The Labute approximate surface area is 155 Å². The highest BCUT2D eigenvalue weighted by Crippen LogP contribution is 2.38. The van der Waals surface area contributed by atoms with Gasteiger partial charge in [-0.3, -0.25) is 4.79 Å². The minimum atomic E-state index is -0.395. The van der Waals surface area contributed by atoms with Gasteiger partial charge in [-0.25, -0.2) is 4.79 Å². The lowest BCUT2D eigenvalue weighted by molar-refractivity contribution is -0.111. The molecular formula is C19H18ClNO3S. The van der Waals surface area contributed by atoms with E-state index in [4.69, 9.17) is 16.3 Å². The number of carbonyl (C=O) groups excluding carboxylic acids is 2. The monoisotopic (exact) mass is 375 g/mol. The fourth-order valence-corrected chi connectivity index (χ4v) is 4.39. The Balaban J connectivity index is 1.81. The van der Waals surface area contributed by atoms with Gasteiger partial charge in [0.2, 0.25) is 5.91 Å². The van der Waals surface area contributed by atoms with Crippen molar-refractivity contribution in [1.82, 2.24) is 0 Å². The Bertz CT molecular complexity index is 841. The molecule has 0 radical (unpaired) electrons. The molecule has 1 aromatic carbocycles. The summed E-state index contributed by atoms with van der Waals surface area (Å²) in [5, 5.41) is 4.01. The van der Waals surface area contributed by atoms with Crippen molar-refractivity contribution in [2.24, 2.45) is 0 Å². The third-order valence-corrected chi connectivity index (χ3v) is 5.52. The van der Waals surface area contributed by atoms with Crippen LogP contribution in [0.1, 0.15) is 39.2 Å². The summed E-state index contributed by atoms with van der Waals surface area (Å²) in [6.45, 7) is 0. The molecule has 0 saturated heterocycles. The minimum Gasteiger partial charge on any atom is -0.465 e. The highest BCUT2D eigenvalue weighted by molar-refractivity contribution is 7.17. The van der Waals surface area contributed by atoms with E-state index >= 15 is 0 Å². The first kappa shape index (κ1) is 17.7. The van der Waals surface area contributed by atoms with Crippen LogP contribution in [-0.2, 0) is 22.4 Å². The van der Waals surface area contributed by atoms with Gasteiger partial charge in [0.15, 0.2) is 0 Å². The third-order valence-electron chi connectivity index (χ3n) is 4.07. The van der Waals surface area contributed by atoms with Gasteiger partial charge >= 0.3 is 5.97 Å². The van der Waals surface area contributed by atoms with Crippen LogP contribution in [0.3, 0.4) is 0 Å². The van der Waals surface area contributed by atoms with Gasteiger partial charge in [-0.15, -0.1) is 11.3 Å². The summed E-state index contributed by atoms with van der Waals surface area (Å²) in [7, 11) is 1.36. The average Bonchev–Trinajstić information content (AvgIpc) is 2.97. The van der Waals surface area contributed by atoms with Crippen molar-refractivity contribution in [1.29, 1.82) is 0 Å². The smallest absolute Gasteiger partial charge is 0.341 e. The summed E-state index contributed by atoms with van der Waals surface area (Å²) >= 11 is 7.41. The first-order valence-electron chi connectivity index (χ1n) is 8.06. The number of fused-ring (bicyclic) bond motifs is 1. The zero-order valence-electron chi connectivity index (χ0n) is 13.8. The largest absolute Gasteiger partial charge is 0.465 e. The van der Waals surface area contributed by atoms with Gasteiger partial charge in [-0.05, 0) is 55.0 Å². The van der Waals surface area contributed by atoms with Crippen LogP contribution < -0.4 is 5.32 Å². The number of hydrogen-bond acceptors (Lipinski definition) is 4. The van der Waals surface area contributed by atoms with Crippen LogP contribution >= 0.6 is 22.9 Å². The van der Waals surface area contributed by atoms with E-state index in [0.717, 1.165) is 36.8 Å². The van der Waals surface area contributed by atoms with Crippen LogP contribution in [-0.4, -0.2) is 19.0 Å². The Kier molecular flexibility index (Phi) is 5.56. The van der Waals surface area contributed by atoms with Crippen LogP contribution in [0.15, 0.2) is 30.3 Å². The van der Waals surface area contributed by atoms with Gasteiger partial charge < -0.3 is 10.1 Å². The SMILES string of the molecule is COC(=O)c1c(NC(=O)/C=C/c2cccc(Cl)c2)sc2c1CCCC2. The maximum absolute atomic E-state index is 12.3. The number of carbonyl (C=O) groups is 2. The Morgan fingerprint density at radius 1 is 1.28 bits per heavy atom. The molecule has 130 valence electrons. The van der Waals surface area contributed by atoms with E-state index in [1.54, 1.807) is 18.2 Å². The molecule has 0 aliphatic heterocycles. The molecule has 0 saturated carbocycles. The standard InChI is InChI=1S/C19H18ClNO3S/c1-24-19(23)17-14-7-2-3-8-15(14)25-18(17)21-16(22)10-9-12-5-4-6-13(20)11-12/h4-6,9-11H,2-3,7-8H2,1H3,(H,21,22)/b10-9+. The van der Waals surface area contributed by atoms with E-state index in [0.29, 0.717) is 15.6 Å². The van der Waals surface area contributed by atoms with Gasteiger partial charge in [-0.1, -0.05) is 23.7 Å². The van der Waals surface area contributed by atoms with Crippen LogP contribution in [0.2, 0.25) is 5.02 Å². The zero-order valence-corrected chi connectivity index (χ0v) is 15.4. The van der Waals surface area contributed by atoms with E-state index in [1.165, 1.54) is 29.4 Å². The van der Waals surface area contributed by atoms with Crippen LogP contribution in [0.25, 0.3) is 6.08 Å². The Morgan fingerprint density at radius 2 is 2.08 bits per heavy atom. The van der Waals surface area contributed by atoms with Crippen molar-refractivity contribution in [2.45, 2.75) is 25.7 Å². The summed E-state index contributed by atoms with van der Waals surface area (Å²) in [6, 6.07) is 7.23. The molecule has 0 atom stereocenters. The maximum Gasteiger partial charge on any atom is 0.341 e. The molecule has 0 spiro atoms. The van der Waals surface area contributed by atoms with E-state index in [2.05, 4.69) is 5.32 Å². The second-order valence-corrected chi connectivity index (χ2v) is 7.33. The van der Waals surface area contributed by atoms with E-state index in [1.807, 2.05) is 12.1 Å². The minimum absolute atomic E-state index is 0.288. The summed E-state index contributed by atoms with van der Waals surface area (Å²) in [4.78, 5) is 25.6. The van der Waals surface area contributed by atoms with E-state index in [-0.39, 0.29) is 5.91 Å². The molecule has 2 aromatic rings. The highest BCUT2D eigenvalue weighted by Gasteiger charge is 2.26. The van der Waals surface area contributed by atoms with Gasteiger partial charge in [0.05, 0.1) is 12.7 Å². The molecule has 1 heterocycles. The molecule has 0 unspecified atom stereocenters. The first-order chi connectivity index (χ1) is 12.1.